The van der Waals surface area contributed by atoms with Crippen LogP contribution >= 0.6 is 0 Å². The number of carbonyl (C=O) groups is 1. The summed E-state index contributed by atoms with van der Waals surface area (Å²) >= 11 is 0. The van der Waals surface area contributed by atoms with Gasteiger partial charge in [-0.3, -0.25) is 10.4 Å². The predicted molar refractivity (Wildman–Crippen MR) is 103 cm³/mol. The molecule has 9 nitrogen and oxygen atoms in total. The monoisotopic (exact) mass is 419 g/mol. The van der Waals surface area contributed by atoms with Gasteiger partial charge >= 0.3 is 6.03 Å². The average Bonchev–Trinajstić information content (AvgIpc) is 3.05. The fourth-order valence-corrected chi connectivity index (χ4v) is 3.21. The van der Waals surface area contributed by atoms with Crippen molar-refractivity contribution in [3.8, 4) is 11.6 Å². The highest BCUT2D eigenvalue weighted by Crippen LogP contribution is 2.31. The molecular weight excluding hydrogens is 400 g/mol. The number of H-pyrrole nitrogens is 1. The van der Waals surface area contributed by atoms with E-state index in [9.17, 15) is 18.7 Å². The number of carbonyl (C=O) groups excluding carboxylic acids is 1. The van der Waals surface area contributed by atoms with Gasteiger partial charge in [0.1, 0.15) is 11.6 Å². The molecular formula is C19H19F2N5O4. The number of hydrogen-bond donors (Lipinski definition) is 4. The lowest BCUT2D eigenvalue weighted by Gasteiger charge is -2.22. The number of urea groups is 1. The number of hydrogen-bond acceptors (Lipinski definition) is 6. The number of pyridine rings is 1. The molecule has 0 radical (unpaired) electrons. The Bertz CT molecular complexity index is 1040. The topological polar surface area (TPSA) is 121 Å². The number of aromatic amines is 1. The van der Waals surface area contributed by atoms with E-state index in [1.165, 1.54) is 12.3 Å². The third-order valence-corrected chi connectivity index (χ3v) is 4.60. The molecule has 0 spiro atoms. The van der Waals surface area contributed by atoms with Gasteiger partial charge in [0.05, 0.1) is 29.7 Å². The Hall–Kier alpha value is -3.47. The van der Waals surface area contributed by atoms with Crippen molar-refractivity contribution in [3.63, 3.8) is 0 Å². The van der Waals surface area contributed by atoms with Crippen molar-refractivity contribution in [2.45, 2.75) is 25.0 Å². The van der Waals surface area contributed by atoms with Gasteiger partial charge < -0.3 is 19.9 Å². The summed E-state index contributed by atoms with van der Waals surface area (Å²) in [6.07, 6.45) is -1.72. The standard InChI is InChI=1S/C19H19F2N5O4/c20-15(21)9-30-18-11-8-22-16(7-12(11)25-26-18)23-19(28)24-17-10-3-1-2-4-14(10)29-6-5-13(17)27/h1-4,7-8,13,15,17,27H,5-6,9H2,(H,25,26)(H2,22,23,24,28)/t13-,17-/m0/s1. The summed E-state index contributed by atoms with van der Waals surface area (Å²) in [4.78, 5) is 16.6. The first-order valence-corrected chi connectivity index (χ1v) is 9.23. The molecule has 0 unspecified atom stereocenters. The molecule has 3 heterocycles. The average molecular weight is 419 g/mol. The maximum Gasteiger partial charge on any atom is 0.320 e. The minimum absolute atomic E-state index is 0.00647. The van der Waals surface area contributed by atoms with Crippen LogP contribution in [0.2, 0.25) is 0 Å². The van der Waals surface area contributed by atoms with E-state index in [0.717, 1.165) is 0 Å². The third kappa shape index (κ3) is 4.25. The molecule has 30 heavy (non-hydrogen) atoms. The first-order valence-electron chi connectivity index (χ1n) is 9.23. The van der Waals surface area contributed by atoms with E-state index in [1.54, 1.807) is 18.2 Å². The van der Waals surface area contributed by atoms with E-state index < -0.39 is 31.2 Å². The van der Waals surface area contributed by atoms with Crippen molar-refractivity contribution in [3.05, 3.63) is 42.1 Å². The zero-order valence-corrected chi connectivity index (χ0v) is 15.6. The van der Waals surface area contributed by atoms with Gasteiger partial charge in [-0.1, -0.05) is 18.2 Å². The van der Waals surface area contributed by atoms with E-state index >= 15 is 0 Å². The van der Waals surface area contributed by atoms with Crippen molar-refractivity contribution >= 4 is 22.8 Å². The smallest absolute Gasteiger partial charge is 0.320 e. The normalized spacial score (nSPS) is 18.4. The number of fused-ring (bicyclic) bond motifs is 2. The number of ether oxygens (including phenoxy) is 2. The molecule has 1 aliphatic rings. The third-order valence-electron chi connectivity index (χ3n) is 4.60. The zero-order valence-electron chi connectivity index (χ0n) is 15.6. The fraction of sp³-hybridized carbons (Fsp3) is 0.316. The molecule has 1 aliphatic heterocycles. The van der Waals surface area contributed by atoms with Crippen molar-refractivity contribution < 1.29 is 28.2 Å². The van der Waals surface area contributed by atoms with Gasteiger partial charge in [-0.15, -0.1) is 5.10 Å². The van der Waals surface area contributed by atoms with Gasteiger partial charge in [0.2, 0.25) is 5.88 Å². The number of anilines is 1. The molecule has 4 N–H and O–H groups in total. The summed E-state index contributed by atoms with van der Waals surface area (Å²) in [7, 11) is 0. The van der Waals surface area contributed by atoms with Crippen LogP contribution in [0.5, 0.6) is 11.6 Å². The van der Waals surface area contributed by atoms with Crippen molar-refractivity contribution in [1.29, 1.82) is 0 Å². The molecule has 2 atom stereocenters. The predicted octanol–water partition coefficient (Wildman–Crippen LogP) is 2.61. The van der Waals surface area contributed by atoms with Crippen LogP contribution in [0, 0.1) is 0 Å². The number of aromatic nitrogens is 3. The second-order valence-corrected chi connectivity index (χ2v) is 6.66. The second-order valence-electron chi connectivity index (χ2n) is 6.66. The number of halogens is 2. The molecule has 4 rings (SSSR count). The van der Waals surface area contributed by atoms with Crippen LogP contribution in [-0.2, 0) is 0 Å². The SMILES string of the molecule is O=C(Nc1cc2[nH]nc(OCC(F)F)c2cn1)N[C@H]1c2ccccc2OCC[C@@H]1O. The Morgan fingerprint density at radius 1 is 1.40 bits per heavy atom. The van der Waals surface area contributed by atoms with E-state index in [1.807, 2.05) is 6.07 Å². The van der Waals surface area contributed by atoms with E-state index in [-0.39, 0.29) is 11.7 Å². The van der Waals surface area contributed by atoms with Gasteiger partial charge in [0.15, 0.2) is 6.61 Å². The first kappa shape index (κ1) is 19.8. The van der Waals surface area contributed by atoms with E-state index in [2.05, 4.69) is 25.8 Å². The number of aliphatic hydroxyl groups is 1. The van der Waals surface area contributed by atoms with Crippen LogP contribution in [-0.4, -0.2) is 52.1 Å². The lowest BCUT2D eigenvalue weighted by atomic mass is 10.00. The minimum atomic E-state index is -2.62. The highest BCUT2D eigenvalue weighted by Gasteiger charge is 2.28. The van der Waals surface area contributed by atoms with Crippen molar-refractivity contribution in [2.75, 3.05) is 18.5 Å². The summed E-state index contributed by atoms with van der Waals surface area (Å²) in [5.74, 6) is 0.816. The Morgan fingerprint density at radius 2 is 2.23 bits per heavy atom. The summed E-state index contributed by atoms with van der Waals surface area (Å²) in [5.41, 5.74) is 1.13. The molecule has 2 aromatic heterocycles. The number of amides is 2. The summed E-state index contributed by atoms with van der Waals surface area (Å²) < 4.78 is 35.2. The number of benzene rings is 1. The maximum atomic E-state index is 12.5. The Balaban J connectivity index is 1.47. The van der Waals surface area contributed by atoms with Crippen LogP contribution < -0.4 is 20.1 Å². The summed E-state index contributed by atoms with van der Waals surface area (Å²) in [5, 5.41) is 22.6. The number of para-hydroxylation sites is 1. The van der Waals surface area contributed by atoms with Gasteiger partial charge in [0, 0.05) is 24.2 Å². The highest BCUT2D eigenvalue weighted by molar-refractivity contribution is 5.92. The fourth-order valence-electron chi connectivity index (χ4n) is 3.21. The lowest BCUT2D eigenvalue weighted by Crippen LogP contribution is -2.38. The van der Waals surface area contributed by atoms with Crippen molar-refractivity contribution in [1.82, 2.24) is 20.5 Å². The highest BCUT2D eigenvalue weighted by atomic mass is 19.3. The van der Waals surface area contributed by atoms with Crippen LogP contribution in [0.25, 0.3) is 10.9 Å². The quantitative estimate of drug-likeness (QED) is 0.504. The Morgan fingerprint density at radius 3 is 3.07 bits per heavy atom. The van der Waals surface area contributed by atoms with Crippen LogP contribution in [0.3, 0.4) is 0 Å². The molecule has 3 aromatic rings. The van der Waals surface area contributed by atoms with Gasteiger partial charge in [0.25, 0.3) is 6.43 Å². The van der Waals surface area contributed by atoms with E-state index in [0.29, 0.717) is 35.2 Å². The molecule has 158 valence electrons. The van der Waals surface area contributed by atoms with Gasteiger partial charge in [-0.2, -0.15) is 0 Å². The maximum absolute atomic E-state index is 12.5. The first-order chi connectivity index (χ1) is 14.5. The molecule has 0 saturated heterocycles. The number of alkyl halides is 2. The molecule has 2 amide bonds. The molecule has 1 aromatic carbocycles. The van der Waals surface area contributed by atoms with Gasteiger partial charge in [-0.05, 0) is 6.07 Å². The number of rotatable bonds is 5. The summed E-state index contributed by atoms with van der Waals surface area (Å²) in [6.45, 7) is -0.441. The number of nitrogens with zero attached hydrogens (tertiary/aromatic N) is 2. The largest absolute Gasteiger partial charge is 0.493 e. The second kappa shape index (κ2) is 8.49. The zero-order chi connectivity index (χ0) is 21.1. The van der Waals surface area contributed by atoms with Crippen LogP contribution in [0.1, 0.15) is 18.0 Å². The number of nitrogens with one attached hydrogen (secondary N) is 3. The number of aliphatic hydroxyl groups excluding tert-OH is 1. The minimum Gasteiger partial charge on any atom is -0.493 e. The van der Waals surface area contributed by atoms with E-state index in [4.69, 9.17) is 9.47 Å². The summed E-state index contributed by atoms with van der Waals surface area (Å²) in [6, 6.07) is 7.44. The molecule has 0 bridgehead atoms. The van der Waals surface area contributed by atoms with Crippen LogP contribution in [0.15, 0.2) is 36.5 Å². The Kier molecular flexibility index (Phi) is 5.61. The Labute approximate surface area is 169 Å². The van der Waals surface area contributed by atoms with Crippen LogP contribution in [0.4, 0.5) is 19.4 Å². The molecule has 0 aliphatic carbocycles. The lowest BCUT2D eigenvalue weighted by molar-refractivity contribution is 0.0803. The van der Waals surface area contributed by atoms with Gasteiger partial charge in [-0.25, -0.2) is 18.6 Å². The van der Waals surface area contributed by atoms with Crippen molar-refractivity contribution in [2.24, 2.45) is 0 Å². The molecule has 0 fully saturated rings. The molecule has 0 saturated carbocycles. The molecule has 11 heteroatoms.